The number of carbonyl (C=O) groups is 1. The van der Waals surface area contributed by atoms with Crippen molar-refractivity contribution in [3.05, 3.63) is 0 Å². The number of nitrogens with one attached hydrogen (secondary N) is 2. The van der Waals surface area contributed by atoms with Crippen LogP contribution in [0.3, 0.4) is 0 Å². The number of carbonyl (C=O) groups excluding carboxylic acids is 1. The Hall–Kier alpha value is -0.770. The first kappa shape index (κ1) is 11.3. The molecule has 1 aliphatic carbocycles. The zero-order chi connectivity index (χ0) is 10.6. The van der Waals surface area contributed by atoms with E-state index in [1.165, 1.54) is 12.8 Å². The predicted molar refractivity (Wildman–Crippen MR) is 55.0 cm³/mol. The van der Waals surface area contributed by atoms with Crippen LogP contribution in [0.25, 0.3) is 0 Å². The number of rotatable bonds is 3. The summed E-state index contributed by atoms with van der Waals surface area (Å²) >= 11 is 0. The molecule has 0 saturated heterocycles. The molecule has 3 N–H and O–H groups in total. The van der Waals surface area contributed by atoms with Gasteiger partial charge in [0.25, 0.3) is 0 Å². The molecule has 4 nitrogen and oxygen atoms in total. The lowest BCUT2D eigenvalue weighted by Gasteiger charge is -2.19. The Bertz CT molecular complexity index is 197. The van der Waals surface area contributed by atoms with E-state index in [-0.39, 0.29) is 18.7 Å². The molecule has 2 amide bonds. The van der Waals surface area contributed by atoms with Crippen LogP contribution in [-0.4, -0.2) is 29.8 Å². The molecule has 3 atom stereocenters. The van der Waals surface area contributed by atoms with Crippen LogP contribution in [0.5, 0.6) is 0 Å². The van der Waals surface area contributed by atoms with E-state index in [4.69, 9.17) is 5.11 Å². The van der Waals surface area contributed by atoms with Gasteiger partial charge in [-0.05, 0) is 25.7 Å². The zero-order valence-corrected chi connectivity index (χ0v) is 8.92. The minimum atomic E-state index is -0.174. The lowest BCUT2D eigenvalue weighted by molar-refractivity contribution is 0.215. The number of hydrogen-bond donors (Lipinski definition) is 3. The van der Waals surface area contributed by atoms with Crippen LogP contribution < -0.4 is 10.6 Å². The molecule has 0 aromatic heterocycles. The first-order valence-corrected chi connectivity index (χ1v) is 5.31. The fourth-order valence-electron chi connectivity index (χ4n) is 1.84. The van der Waals surface area contributed by atoms with Gasteiger partial charge in [0.2, 0.25) is 0 Å². The molecule has 82 valence electrons. The fraction of sp³-hybridized carbons (Fsp3) is 0.900. The Labute approximate surface area is 85.1 Å². The van der Waals surface area contributed by atoms with Crippen LogP contribution in [0.15, 0.2) is 0 Å². The Morgan fingerprint density at radius 2 is 2.29 bits per heavy atom. The van der Waals surface area contributed by atoms with E-state index >= 15 is 0 Å². The second-order valence-electron chi connectivity index (χ2n) is 4.22. The maximum atomic E-state index is 11.4. The summed E-state index contributed by atoms with van der Waals surface area (Å²) < 4.78 is 0. The maximum Gasteiger partial charge on any atom is 0.315 e. The smallest absolute Gasteiger partial charge is 0.315 e. The molecule has 3 unspecified atom stereocenters. The molecule has 4 heteroatoms. The van der Waals surface area contributed by atoms with Crippen molar-refractivity contribution >= 4 is 6.03 Å². The molecule has 1 aliphatic rings. The number of urea groups is 1. The van der Waals surface area contributed by atoms with Gasteiger partial charge in [-0.25, -0.2) is 4.79 Å². The van der Waals surface area contributed by atoms with Crippen molar-refractivity contribution < 1.29 is 9.90 Å². The topological polar surface area (TPSA) is 61.4 Å². The molecule has 1 rings (SSSR count). The third-order valence-electron chi connectivity index (χ3n) is 2.83. The normalized spacial score (nSPS) is 28.5. The van der Waals surface area contributed by atoms with Gasteiger partial charge in [-0.15, -0.1) is 0 Å². The van der Waals surface area contributed by atoms with Gasteiger partial charge in [0.05, 0.1) is 12.6 Å². The Kier molecular flexibility index (Phi) is 4.20. The zero-order valence-electron chi connectivity index (χ0n) is 8.92. The second kappa shape index (κ2) is 5.20. The summed E-state index contributed by atoms with van der Waals surface area (Å²) in [5, 5.41) is 14.4. The number of amides is 2. The molecule has 0 aromatic rings. The second-order valence-corrected chi connectivity index (χ2v) is 4.22. The maximum absolute atomic E-state index is 11.4. The van der Waals surface area contributed by atoms with Crippen molar-refractivity contribution in [2.75, 3.05) is 6.61 Å². The van der Waals surface area contributed by atoms with Gasteiger partial charge in [-0.2, -0.15) is 0 Å². The van der Waals surface area contributed by atoms with Gasteiger partial charge in [0.15, 0.2) is 0 Å². The molecule has 0 heterocycles. The van der Waals surface area contributed by atoms with E-state index in [0.29, 0.717) is 12.0 Å². The minimum Gasteiger partial charge on any atom is -0.394 e. The number of aliphatic hydroxyl groups is 1. The van der Waals surface area contributed by atoms with Crippen LogP contribution in [0, 0.1) is 5.92 Å². The van der Waals surface area contributed by atoms with Crippen molar-refractivity contribution in [1.82, 2.24) is 10.6 Å². The lowest BCUT2D eigenvalue weighted by atomic mass is 10.1. The fourth-order valence-corrected chi connectivity index (χ4v) is 1.84. The van der Waals surface area contributed by atoms with E-state index in [0.717, 1.165) is 6.42 Å². The van der Waals surface area contributed by atoms with Crippen molar-refractivity contribution in [1.29, 1.82) is 0 Å². The molecule has 1 fully saturated rings. The van der Waals surface area contributed by atoms with Gasteiger partial charge in [0.1, 0.15) is 0 Å². The Morgan fingerprint density at radius 1 is 1.57 bits per heavy atom. The average molecular weight is 200 g/mol. The Morgan fingerprint density at radius 3 is 2.79 bits per heavy atom. The summed E-state index contributed by atoms with van der Waals surface area (Å²) in [6, 6.07) is -0.0297. The van der Waals surface area contributed by atoms with E-state index in [1.807, 2.05) is 0 Å². The molecule has 1 saturated carbocycles. The van der Waals surface area contributed by atoms with Crippen LogP contribution in [0.2, 0.25) is 0 Å². The third kappa shape index (κ3) is 3.18. The molecular formula is C10H20N2O2. The van der Waals surface area contributed by atoms with E-state index in [9.17, 15) is 4.79 Å². The largest absolute Gasteiger partial charge is 0.394 e. The molecule has 0 aliphatic heterocycles. The first-order valence-electron chi connectivity index (χ1n) is 5.31. The summed E-state index contributed by atoms with van der Waals surface area (Å²) in [4.78, 5) is 11.4. The van der Waals surface area contributed by atoms with Crippen molar-refractivity contribution in [2.45, 2.75) is 45.2 Å². The molecule has 0 aromatic carbocycles. The highest BCUT2D eigenvalue weighted by molar-refractivity contribution is 5.74. The number of aliphatic hydroxyl groups excluding tert-OH is 1. The average Bonchev–Trinajstić information content (AvgIpc) is 2.51. The summed E-state index contributed by atoms with van der Waals surface area (Å²) in [6.07, 6.45) is 3.46. The molecule has 0 radical (unpaired) electrons. The highest BCUT2D eigenvalue weighted by Crippen LogP contribution is 2.24. The molecular weight excluding hydrogens is 180 g/mol. The highest BCUT2D eigenvalue weighted by Gasteiger charge is 2.24. The van der Waals surface area contributed by atoms with Crippen molar-refractivity contribution in [3.63, 3.8) is 0 Å². The van der Waals surface area contributed by atoms with Gasteiger partial charge < -0.3 is 15.7 Å². The van der Waals surface area contributed by atoms with E-state index in [1.54, 1.807) is 6.92 Å². The minimum absolute atomic E-state index is 0.0202. The molecule has 14 heavy (non-hydrogen) atoms. The van der Waals surface area contributed by atoms with Crippen molar-refractivity contribution in [2.24, 2.45) is 5.92 Å². The summed E-state index contributed by atoms with van der Waals surface area (Å²) in [5.41, 5.74) is 0. The first-order chi connectivity index (χ1) is 6.63. The van der Waals surface area contributed by atoms with Crippen LogP contribution in [0.4, 0.5) is 4.79 Å². The third-order valence-corrected chi connectivity index (χ3v) is 2.83. The summed E-state index contributed by atoms with van der Waals surface area (Å²) in [5.74, 6) is 0.574. The van der Waals surface area contributed by atoms with Gasteiger partial charge in [-0.1, -0.05) is 13.3 Å². The highest BCUT2D eigenvalue weighted by atomic mass is 16.3. The van der Waals surface area contributed by atoms with Crippen LogP contribution >= 0.6 is 0 Å². The summed E-state index contributed by atoms with van der Waals surface area (Å²) in [6.45, 7) is 3.92. The standard InChI is InChI=1S/C10H20N2O2/c1-7-4-3-5-9(7)12-10(14)11-8(2)6-13/h7-9,13H,3-6H2,1-2H3,(H2,11,12,14). The van der Waals surface area contributed by atoms with Crippen LogP contribution in [-0.2, 0) is 0 Å². The lowest BCUT2D eigenvalue weighted by Crippen LogP contribution is -2.47. The van der Waals surface area contributed by atoms with Gasteiger partial charge in [-0.3, -0.25) is 0 Å². The van der Waals surface area contributed by atoms with E-state index < -0.39 is 0 Å². The summed E-state index contributed by atoms with van der Waals surface area (Å²) in [7, 11) is 0. The van der Waals surface area contributed by atoms with Gasteiger partial charge in [0, 0.05) is 6.04 Å². The number of hydrogen-bond acceptors (Lipinski definition) is 2. The SMILES string of the molecule is CC(CO)NC(=O)NC1CCCC1C. The predicted octanol–water partition coefficient (Wildman–Crippen LogP) is 0.855. The quantitative estimate of drug-likeness (QED) is 0.632. The molecule has 0 bridgehead atoms. The van der Waals surface area contributed by atoms with Crippen molar-refractivity contribution in [3.8, 4) is 0 Å². The van der Waals surface area contributed by atoms with Crippen LogP contribution in [0.1, 0.15) is 33.1 Å². The Balaban J connectivity index is 2.26. The van der Waals surface area contributed by atoms with E-state index in [2.05, 4.69) is 17.6 Å². The molecule has 0 spiro atoms. The van der Waals surface area contributed by atoms with Gasteiger partial charge >= 0.3 is 6.03 Å². The monoisotopic (exact) mass is 200 g/mol.